The van der Waals surface area contributed by atoms with Gasteiger partial charge in [0, 0.05) is 13.1 Å². The quantitative estimate of drug-likeness (QED) is 0.601. The minimum atomic E-state index is 0. The fraction of sp³-hybridized carbons (Fsp3) is 0.312. The molecule has 0 aromatic heterocycles. The number of oxime groups is 1. The molecule has 0 aliphatic carbocycles. The third-order valence-electron chi connectivity index (χ3n) is 2.99. The van der Waals surface area contributed by atoms with Crippen LogP contribution < -0.4 is 0 Å². The molecule has 108 valence electrons. The number of benzene rings is 1. The molecule has 0 saturated heterocycles. The number of allylic oxidation sites excluding steroid dienone is 2. The van der Waals surface area contributed by atoms with Crippen molar-refractivity contribution in [2.24, 2.45) is 5.16 Å². The van der Waals surface area contributed by atoms with Gasteiger partial charge in [-0.2, -0.15) is 0 Å². The first-order chi connectivity index (χ1) is 9.29. The maximum absolute atomic E-state index is 5.11. The Bertz CT molecular complexity index is 494. The molecule has 1 aliphatic heterocycles. The second kappa shape index (κ2) is 8.59. The summed E-state index contributed by atoms with van der Waals surface area (Å²) in [5.41, 5.74) is 3.46. The molecule has 1 aliphatic rings. The van der Waals surface area contributed by atoms with Gasteiger partial charge in [-0.3, -0.25) is 0 Å². The van der Waals surface area contributed by atoms with Crippen molar-refractivity contribution >= 4 is 22.7 Å². The Morgan fingerprint density at radius 1 is 1.30 bits per heavy atom. The van der Waals surface area contributed by atoms with Gasteiger partial charge in [0.15, 0.2) is 0 Å². The van der Waals surface area contributed by atoms with Crippen molar-refractivity contribution in [2.45, 2.75) is 20.4 Å². The largest absolute Gasteiger partial charge is 0.396 e. The van der Waals surface area contributed by atoms with Crippen molar-refractivity contribution < 1.29 is 4.84 Å². The molecule has 0 bridgehead atoms. The third-order valence-corrected chi connectivity index (χ3v) is 2.99. The molecule has 0 atom stereocenters. The van der Waals surface area contributed by atoms with Gasteiger partial charge in [-0.05, 0) is 37.3 Å². The SMILES string of the molecule is Br.CCON=C(C)C1=CC=CN(Cc2ccccc2)C1. The first kappa shape index (κ1) is 16.5. The molecule has 0 radical (unpaired) electrons. The summed E-state index contributed by atoms with van der Waals surface area (Å²) in [4.78, 5) is 7.38. The van der Waals surface area contributed by atoms with Crippen LogP contribution in [0, 0.1) is 0 Å². The molecule has 1 aromatic carbocycles. The zero-order valence-corrected chi connectivity index (χ0v) is 13.7. The van der Waals surface area contributed by atoms with E-state index in [1.807, 2.05) is 19.9 Å². The zero-order chi connectivity index (χ0) is 13.5. The maximum Gasteiger partial charge on any atom is 0.114 e. The van der Waals surface area contributed by atoms with Gasteiger partial charge < -0.3 is 9.74 Å². The molecule has 20 heavy (non-hydrogen) atoms. The summed E-state index contributed by atoms with van der Waals surface area (Å²) < 4.78 is 0. The van der Waals surface area contributed by atoms with E-state index >= 15 is 0 Å². The van der Waals surface area contributed by atoms with E-state index in [9.17, 15) is 0 Å². The Balaban J connectivity index is 0.00000200. The lowest BCUT2D eigenvalue weighted by Crippen LogP contribution is -2.24. The predicted molar refractivity (Wildman–Crippen MR) is 89.1 cm³/mol. The second-order valence-corrected chi connectivity index (χ2v) is 4.52. The highest BCUT2D eigenvalue weighted by molar-refractivity contribution is 8.93. The fourth-order valence-corrected chi connectivity index (χ4v) is 1.99. The van der Waals surface area contributed by atoms with Gasteiger partial charge in [0.2, 0.25) is 0 Å². The Kier molecular flexibility index (Phi) is 7.09. The summed E-state index contributed by atoms with van der Waals surface area (Å²) in [7, 11) is 0. The van der Waals surface area contributed by atoms with Gasteiger partial charge in [-0.25, -0.2) is 0 Å². The standard InChI is InChI=1S/C16H20N2O.BrH/c1-3-19-17-14(2)16-10-7-11-18(13-16)12-15-8-5-4-6-9-15;/h4-11H,3,12-13H2,1-2H3;1H. The summed E-state index contributed by atoms with van der Waals surface area (Å²) in [5.74, 6) is 0. The van der Waals surface area contributed by atoms with E-state index in [1.54, 1.807) is 0 Å². The van der Waals surface area contributed by atoms with Crippen LogP contribution in [0.5, 0.6) is 0 Å². The summed E-state index contributed by atoms with van der Waals surface area (Å²) >= 11 is 0. The van der Waals surface area contributed by atoms with Crippen LogP contribution in [0.4, 0.5) is 0 Å². The van der Waals surface area contributed by atoms with E-state index in [0.717, 1.165) is 18.8 Å². The van der Waals surface area contributed by atoms with E-state index in [4.69, 9.17) is 4.84 Å². The summed E-state index contributed by atoms with van der Waals surface area (Å²) in [6.45, 7) is 6.31. The van der Waals surface area contributed by atoms with E-state index < -0.39 is 0 Å². The molecule has 0 fully saturated rings. The molecule has 2 rings (SSSR count). The van der Waals surface area contributed by atoms with Crippen LogP contribution in [0.25, 0.3) is 0 Å². The van der Waals surface area contributed by atoms with Crippen LogP contribution in [0.15, 0.2) is 59.4 Å². The van der Waals surface area contributed by atoms with E-state index in [0.29, 0.717) is 6.61 Å². The van der Waals surface area contributed by atoms with Crippen molar-refractivity contribution in [3.63, 3.8) is 0 Å². The lowest BCUT2D eigenvalue weighted by molar-refractivity contribution is 0.158. The van der Waals surface area contributed by atoms with Gasteiger partial charge in [-0.1, -0.05) is 41.6 Å². The molecule has 0 saturated carbocycles. The highest BCUT2D eigenvalue weighted by atomic mass is 79.9. The maximum atomic E-state index is 5.11. The fourth-order valence-electron chi connectivity index (χ4n) is 1.99. The van der Waals surface area contributed by atoms with Gasteiger partial charge in [0.1, 0.15) is 6.61 Å². The van der Waals surface area contributed by atoms with Crippen molar-refractivity contribution in [3.05, 3.63) is 59.8 Å². The Hall–Kier alpha value is -1.55. The van der Waals surface area contributed by atoms with Crippen molar-refractivity contribution in [2.75, 3.05) is 13.2 Å². The molecule has 1 heterocycles. The van der Waals surface area contributed by atoms with E-state index in [1.165, 1.54) is 11.1 Å². The second-order valence-electron chi connectivity index (χ2n) is 4.52. The van der Waals surface area contributed by atoms with Crippen LogP contribution in [0.2, 0.25) is 0 Å². The molecule has 1 aromatic rings. The number of nitrogens with zero attached hydrogens (tertiary/aromatic N) is 2. The van der Waals surface area contributed by atoms with Gasteiger partial charge in [0.25, 0.3) is 0 Å². The van der Waals surface area contributed by atoms with Gasteiger partial charge in [-0.15, -0.1) is 17.0 Å². The van der Waals surface area contributed by atoms with Crippen molar-refractivity contribution in [1.29, 1.82) is 0 Å². The smallest absolute Gasteiger partial charge is 0.114 e. The molecule has 0 N–H and O–H groups in total. The molecular weight excluding hydrogens is 316 g/mol. The van der Waals surface area contributed by atoms with Crippen LogP contribution in [-0.2, 0) is 11.4 Å². The molecule has 0 amide bonds. The zero-order valence-electron chi connectivity index (χ0n) is 12.0. The van der Waals surface area contributed by atoms with Crippen LogP contribution >= 0.6 is 17.0 Å². The van der Waals surface area contributed by atoms with Crippen molar-refractivity contribution in [3.8, 4) is 0 Å². The van der Waals surface area contributed by atoms with Gasteiger partial charge in [0.05, 0.1) is 5.71 Å². The third kappa shape index (κ3) is 4.85. The molecule has 0 spiro atoms. The first-order valence-corrected chi connectivity index (χ1v) is 6.62. The minimum absolute atomic E-state index is 0. The number of halogens is 1. The molecule has 3 nitrogen and oxygen atoms in total. The van der Waals surface area contributed by atoms with E-state index in [2.05, 4.69) is 52.7 Å². The predicted octanol–water partition coefficient (Wildman–Crippen LogP) is 3.93. The molecule has 0 unspecified atom stereocenters. The lowest BCUT2D eigenvalue weighted by atomic mass is 10.1. The Labute approximate surface area is 131 Å². The normalized spacial score (nSPS) is 14.6. The monoisotopic (exact) mass is 336 g/mol. The number of rotatable bonds is 5. The van der Waals surface area contributed by atoms with E-state index in [-0.39, 0.29) is 17.0 Å². The average molecular weight is 337 g/mol. The first-order valence-electron chi connectivity index (χ1n) is 6.62. The summed E-state index contributed by atoms with van der Waals surface area (Å²) in [6, 6.07) is 10.5. The minimum Gasteiger partial charge on any atom is -0.396 e. The lowest BCUT2D eigenvalue weighted by Gasteiger charge is -2.24. The van der Waals surface area contributed by atoms with Gasteiger partial charge >= 0.3 is 0 Å². The molecular formula is C16H21BrN2O. The summed E-state index contributed by atoms with van der Waals surface area (Å²) in [6.07, 6.45) is 6.27. The Morgan fingerprint density at radius 3 is 2.75 bits per heavy atom. The van der Waals surface area contributed by atoms with Crippen LogP contribution in [0.1, 0.15) is 19.4 Å². The Morgan fingerprint density at radius 2 is 2.05 bits per heavy atom. The topological polar surface area (TPSA) is 24.8 Å². The number of hydrogen-bond acceptors (Lipinski definition) is 3. The average Bonchev–Trinajstić information content (AvgIpc) is 2.46. The highest BCUT2D eigenvalue weighted by Crippen LogP contribution is 2.13. The van der Waals surface area contributed by atoms with Crippen LogP contribution in [0.3, 0.4) is 0 Å². The van der Waals surface area contributed by atoms with Crippen molar-refractivity contribution in [1.82, 2.24) is 4.90 Å². The molecule has 4 heteroatoms. The highest BCUT2D eigenvalue weighted by Gasteiger charge is 2.10. The number of hydrogen-bond donors (Lipinski definition) is 0. The summed E-state index contributed by atoms with van der Waals surface area (Å²) in [5, 5.41) is 4.10. The van der Waals surface area contributed by atoms with Crippen LogP contribution in [-0.4, -0.2) is 23.8 Å².